The molecule has 3 saturated heterocycles. The van der Waals surface area contributed by atoms with Gasteiger partial charge in [-0.15, -0.1) is 0 Å². The number of hydrogen-bond acceptors (Lipinski definition) is 17. The van der Waals surface area contributed by atoms with Gasteiger partial charge in [-0.05, 0) is 0 Å². The summed E-state index contributed by atoms with van der Waals surface area (Å²) in [5.41, 5.74) is 0. The van der Waals surface area contributed by atoms with Gasteiger partial charge in [0, 0.05) is 13.3 Å². The molecule has 0 aliphatic carbocycles. The number of hydrogen-bond donors (Lipinski definition) is 12. The van der Waals surface area contributed by atoms with E-state index in [2.05, 4.69) is 5.32 Å². The topological polar surface area (TPSA) is 315 Å². The van der Waals surface area contributed by atoms with E-state index in [9.17, 15) is 65.8 Å². The number of carboxylic acids is 1. The van der Waals surface area contributed by atoms with Gasteiger partial charge in [-0.1, -0.05) is 0 Å². The first-order valence-corrected chi connectivity index (χ1v) is 12.6. The molecule has 41 heavy (non-hydrogen) atoms. The van der Waals surface area contributed by atoms with Gasteiger partial charge in [0.2, 0.25) is 5.91 Å². The number of ether oxygens (including phenoxy) is 5. The lowest BCUT2D eigenvalue weighted by molar-refractivity contribution is -0.355. The number of nitrogens with one attached hydrogen (secondary N) is 1. The van der Waals surface area contributed by atoms with Crippen molar-refractivity contribution < 1.29 is 89.4 Å². The molecule has 1 amide bonds. The Kier molecular flexibility index (Phi) is 11.4. The van der Waals surface area contributed by atoms with Crippen LogP contribution in [0.1, 0.15) is 13.3 Å². The minimum Gasteiger partial charge on any atom is -0.477 e. The Morgan fingerprint density at radius 2 is 1.66 bits per heavy atom. The predicted octanol–water partition coefficient (Wildman–Crippen LogP) is -7.58. The van der Waals surface area contributed by atoms with Gasteiger partial charge in [0.15, 0.2) is 12.6 Å². The molecular weight excluding hydrogens is 566 g/mol. The molecule has 3 rings (SSSR count). The van der Waals surface area contributed by atoms with Crippen molar-refractivity contribution in [3.8, 4) is 0 Å². The first-order valence-electron chi connectivity index (χ1n) is 12.6. The van der Waals surface area contributed by atoms with Crippen molar-refractivity contribution in [3.05, 3.63) is 0 Å². The second-order valence-corrected chi connectivity index (χ2v) is 10.1. The molecule has 0 aromatic rings. The van der Waals surface area contributed by atoms with Crippen molar-refractivity contribution in [3.63, 3.8) is 0 Å². The van der Waals surface area contributed by atoms with Crippen LogP contribution in [-0.2, 0) is 33.3 Å². The summed E-state index contributed by atoms with van der Waals surface area (Å²) in [6.07, 6.45) is -24.2. The Balaban J connectivity index is 1.78. The minimum absolute atomic E-state index is 0.474. The Morgan fingerprint density at radius 1 is 1.00 bits per heavy atom. The van der Waals surface area contributed by atoms with Crippen LogP contribution in [0.3, 0.4) is 0 Å². The van der Waals surface area contributed by atoms with Crippen molar-refractivity contribution in [2.75, 3.05) is 19.8 Å². The first kappa shape index (κ1) is 33.8. The average Bonchev–Trinajstić information content (AvgIpc) is 2.92. The van der Waals surface area contributed by atoms with E-state index in [4.69, 9.17) is 23.7 Å². The fourth-order valence-electron chi connectivity index (χ4n) is 4.73. The standard InChI is InChI=1S/C22H37NO18/c1-6(25)23-11-7(26)2-22(21(35)36,41-18(11)12(28)8(27)3-24)38-5-10-13(29)15(31)17(33)20(40-10)39-9-4-37-19(34)16(32)14(9)30/h7-20,24,26-34H,2-5H2,1H3,(H,23,25)(H,35,36)/t7-,8+,9+,10+,11+,12+,13-,14-,15-,16+,17+,18+,19?,20+,22+/m0/s1. The smallest absolute Gasteiger partial charge is 0.364 e. The van der Waals surface area contributed by atoms with Crippen LogP contribution in [0.4, 0.5) is 0 Å². The van der Waals surface area contributed by atoms with Crippen LogP contribution < -0.4 is 5.32 Å². The Labute approximate surface area is 232 Å². The summed E-state index contributed by atoms with van der Waals surface area (Å²) < 4.78 is 26.5. The van der Waals surface area contributed by atoms with E-state index in [1.54, 1.807) is 0 Å². The van der Waals surface area contributed by atoms with Crippen molar-refractivity contribution in [2.45, 2.75) is 105 Å². The molecule has 19 heteroatoms. The van der Waals surface area contributed by atoms with E-state index in [-0.39, 0.29) is 0 Å². The predicted molar refractivity (Wildman–Crippen MR) is 124 cm³/mol. The molecule has 15 atom stereocenters. The van der Waals surface area contributed by atoms with Crippen LogP contribution >= 0.6 is 0 Å². The normalized spacial score (nSPS) is 45.0. The van der Waals surface area contributed by atoms with E-state index in [0.29, 0.717) is 0 Å². The minimum atomic E-state index is -2.79. The molecule has 19 nitrogen and oxygen atoms in total. The van der Waals surface area contributed by atoms with Crippen LogP contribution in [0.25, 0.3) is 0 Å². The van der Waals surface area contributed by atoms with Crippen LogP contribution in [-0.4, -0.2) is 179 Å². The number of aliphatic hydroxyl groups is 10. The van der Waals surface area contributed by atoms with Gasteiger partial charge >= 0.3 is 5.97 Å². The maximum atomic E-state index is 12.3. The van der Waals surface area contributed by atoms with Gasteiger partial charge < -0.3 is 85.2 Å². The number of carbonyl (C=O) groups is 2. The second-order valence-electron chi connectivity index (χ2n) is 10.1. The van der Waals surface area contributed by atoms with E-state index < -0.39 is 130 Å². The van der Waals surface area contributed by atoms with Gasteiger partial charge in [-0.2, -0.15) is 0 Å². The third-order valence-corrected chi connectivity index (χ3v) is 7.10. The molecule has 238 valence electrons. The lowest BCUT2D eigenvalue weighted by Gasteiger charge is -2.47. The zero-order valence-corrected chi connectivity index (χ0v) is 21.7. The zero-order valence-electron chi connectivity index (χ0n) is 21.7. The van der Waals surface area contributed by atoms with Crippen LogP contribution in [0.2, 0.25) is 0 Å². The molecule has 0 bridgehead atoms. The van der Waals surface area contributed by atoms with Gasteiger partial charge in [0.25, 0.3) is 5.79 Å². The lowest BCUT2D eigenvalue weighted by atomic mass is 9.88. The summed E-state index contributed by atoms with van der Waals surface area (Å²) in [6.45, 7) is -1.32. The highest BCUT2D eigenvalue weighted by Gasteiger charge is 2.57. The van der Waals surface area contributed by atoms with E-state index in [1.807, 2.05) is 0 Å². The van der Waals surface area contributed by atoms with Crippen LogP contribution in [0.5, 0.6) is 0 Å². The van der Waals surface area contributed by atoms with E-state index in [1.165, 1.54) is 0 Å². The number of carbonyl (C=O) groups excluding carboxylic acids is 1. The van der Waals surface area contributed by atoms with Gasteiger partial charge in [-0.25, -0.2) is 4.79 Å². The molecule has 3 aliphatic rings. The summed E-state index contributed by atoms with van der Waals surface area (Å²) in [4.78, 5) is 23.9. The summed E-state index contributed by atoms with van der Waals surface area (Å²) in [7, 11) is 0. The summed E-state index contributed by atoms with van der Waals surface area (Å²) in [5.74, 6) is -5.34. The van der Waals surface area contributed by atoms with Gasteiger partial charge in [-0.3, -0.25) is 4.79 Å². The van der Waals surface area contributed by atoms with Crippen molar-refractivity contribution in [1.29, 1.82) is 0 Å². The molecule has 3 heterocycles. The monoisotopic (exact) mass is 603 g/mol. The lowest BCUT2D eigenvalue weighted by Crippen LogP contribution is -2.68. The van der Waals surface area contributed by atoms with Gasteiger partial charge in [0.1, 0.15) is 61.0 Å². The third kappa shape index (κ3) is 7.29. The molecule has 0 aromatic carbocycles. The van der Waals surface area contributed by atoms with Gasteiger partial charge in [0.05, 0.1) is 32.0 Å². The second kappa shape index (κ2) is 13.8. The molecular formula is C22H37NO18. The van der Waals surface area contributed by atoms with Crippen LogP contribution in [0.15, 0.2) is 0 Å². The first-order chi connectivity index (χ1) is 19.1. The summed E-state index contributed by atoms with van der Waals surface area (Å²) >= 11 is 0. The molecule has 0 saturated carbocycles. The summed E-state index contributed by atoms with van der Waals surface area (Å²) in [5, 5.41) is 113. The average molecular weight is 604 g/mol. The van der Waals surface area contributed by atoms with E-state index in [0.717, 1.165) is 6.92 Å². The fourth-order valence-corrected chi connectivity index (χ4v) is 4.73. The van der Waals surface area contributed by atoms with Crippen molar-refractivity contribution in [2.24, 2.45) is 0 Å². The highest BCUT2D eigenvalue weighted by Crippen LogP contribution is 2.35. The maximum Gasteiger partial charge on any atom is 0.364 e. The molecule has 3 fully saturated rings. The maximum absolute atomic E-state index is 12.3. The van der Waals surface area contributed by atoms with Crippen molar-refractivity contribution in [1.82, 2.24) is 5.32 Å². The number of amides is 1. The van der Waals surface area contributed by atoms with E-state index >= 15 is 0 Å². The highest BCUT2D eigenvalue weighted by atomic mass is 16.8. The fraction of sp³-hybridized carbons (Fsp3) is 0.909. The largest absolute Gasteiger partial charge is 0.477 e. The highest BCUT2D eigenvalue weighted by molar-refractivity contribution is 5.76. The quantitative estimate of drug-likeness (QED) is 0.110. The number of carboxylic acid groups (broad SMARTS) is 1. The Morgan fingerprint density at radius 3 is 2.24 bits per heavy atom. The van der Waals surface area contributed by atoms with Crippen LogP contribution in [0, 0.1) is 0 Å². The molecule has 1 unspecified atom stereocenters. The Bertz CT molecular complexity index is 897. The van der Waals surface area contributed by atoms with Crippen molar-refractivity contribution >= 4 is 11.9 Å². The summed E-state index contributed by atoms with van der Waals surface area (Å²) in [6, 6.07) is -1.45. The molecule has 3 aliphatic heterocycles. The molecule has 0 spiro atoms. The number of aliphatic carboxylic acids is 1. The Hall–Kier alpha value is -1.66. The SMILES string of the molecule is CC(=O)N[C@H]1[C@H]([C@H](O)[C@H](O)CO)O[C@@](OC[C@H]2O[C@@H](O[C@@H]3COC(O)[C@H](O)[C@H]3O)[C@H](O)[C@@H](O)[C@H]2O)(C(=O)O)C[C@@H]1O. The zero-order chi connectivity index (χ0) is 30.8. The third-order valence-electron chi connectivity index (χ3n) is 7.10. The molecule has 0 aromatic heterocycles. The number of rotatable bonds is 10. The number of aliphatic hydroxyl groups excluding tert-OH is 10. The molecule has 0 radical (unpaired) electrons. The molecule has 12 N–H and O–H groups in total.